The largest absolute Gasteiger partial charge is 0.255 e. The van der Waals surface area contributed by atoms with E-state index in [-0.39, 0.29) is 0 Å². The van der Waals surface area contributed by atoms with Crippen LogP contribution in [0.2, 0.25) is 0 Å². The van der Waals surface area contributed by atoms with Crippen molar-refractivity contribution in [2.45, 2.75) is 0 Å². The minimum absolute atomic E-state index is 1.09. The topological polar surface area (TPSA) is 25.8 Å². The van der Waals surface area contributed by atoms with Crippen molar-refractivity contribution in [3.05, 3.63) is 49.1 Å². The summed E-state index contributed by atoms with van der Waals surface area (Å²) in [4.78, 5) is 7.64. The Hall–Kier alpha value is -1.70. The van der Waals surface area contributed by atoms with Crippen molar-refractivity contribution in [1.82, 2.24) is 9.97 Å². The van der Waals surface area contributed by atoms with E-state index >= 15 is 0 Å². The van der Waals surface area contributed by atoms with Crippen LogP contribution >= 0.6 is 0 Å². The van der Waals surface area contributed by atoms with Crippen molar-refractivity contribution >= 4 is 0 Å². The zero-order valence-electron chi connectivity index (χ0n) is 6.36. The molecule has 2 heteroatoms. The highest BCUT2D eigenvalue weighted by Gasteiger charge is 1.93. The maximum atomic E-state index is 3.82. The lowest BCUT2D eigenvalue weighted by atomic mass is 10.1. The van der Waals surface area contributed by atoms with Gasteiger partial charge in [0, 0.05) is 12.4 Å². The van der Waals surface area contributed by atoms with Crippen LogP contribution in [-0.2, 0) is 0 Å². The van der Waals surface area contributed by atoms with Gasteiger partial charge >= 0.3 is 0 Å². The van der Waals surface area contributed by atoms with Crippen LogP contribution < -0.4 is 0 Å². The summed E-state index contributed by atoms with van der Waals surface area (Å²) in [7, 11) is 0. The molecule has 0 amide bonds. The van der Waals surface area contributed by atoms with Crippen LogP contribution in [0.5, 0.6) is 0 Å². The Bertz CT molecular complexity index is 305. The third-order valence-electron chi connectivity index (χ3n) is 1.58. The van der Waals surface area contributed by atoms with Gasteiger partial charge in [0.05, 0.1) is 12.4 Å². The second-order valence-corrected chi connectivity index (χ2v) is 2.35. The predicted molar refractivity (Wildman–Crippen MR) is 45.1 cm³/mol. The molecule has 12 heavy (non-hydrogen) atoms. The van der Waals surface area contributed by atoms with Gasteiger partial charge in [-0.05, 0) is 35.4 Å². The lowest BCUT2D eigenvalue weighted by molar-refractivity contribution is 1.29. The average molecular weight is 154 g/mol. The van der Waals surface area contributed by atoms with Gasteiger partial charge in [-0.2, -0.15) is 0 Å². The number of rotatable bonds is 1. The van der Waals surface area contributed by atoms with Gasteiger partial charge in [-0.25, -0.2) is 0 Å². The predicted octanol–water partition coefficient (Wildman–Crippen LogP) is 1.74. The highest BCUT2D eigenvalue weighted by atomic mass is 14.6. The van der Waals surface area contributed by atoms with Gasteiger partial charge in [0.2, 0.25) is 0 Å². The van der Waals surface area contributed by atoms with Crippen LogP contribution in [0, 0.1) is 12.4 Å². The van der Waals surface area contributed by atoms with Crippen LogP contribution in [-0.4, -0.2) is 9.97 Å². The molecule has 2 aromatic heterocycles. The molecule has 0 saturated heterocycles. The molecule has 0 atom stereocenters. The highest BCUT2D eigenvalue weighted by Crippen LogP contribution is 2.15. The zero-order valence-corrected chi connectivity index (χ0v) is 6.36. The third kappa shape index (κ3) is 1.32. The van der Waals surface area contributed by atoms with E-state index < -0.39 is 0 Å². The van der Waals surface area contributed by atoms with E-state index in [0.29, 0.717) is 0 Å². The normalized spacial score (nSPS) is 9.67. The first-order chi connectivity index (χ1) is 5.97. The SMILES string of the molecule is [c]1cc(-c2c[c]ncc2)ccn1. The molecule has 0 N–H and O–H groups in total. The standard InChI is InChI=1S/C10H6N2/c1-5-11-6-2-9(1)10-3-7-12-8-4-10/h1-5,7H. The van der Waals surface area contributed by atoms with Gasteiger partial charge in [-0.3, -0.25) is 9.97 Å². The minimum Gasteiger partial charge on any atom is -0.255 e. The molecule has 0 aliphatic carbocycles. The molecule has 2 aromatic rings. The van der Waals surface area contributed by atoms with Gasteiger partial charge in [-0.15, -0.1) is 0 Å². The first-order valence-electron chi connectivity index (χ1n) is 3.61. The molecular formula is C10H6N2. The van der Waals surface area contributed by atoms with E-state index in [4.69, 9.17) is 0 Å². The molecular weight excluding hydrogens is 148 g/mol. The van der Waals surface area contributed by atoms with Gasteiger partial charge in [0.1, 0.15) is 0 Å². The maximum Gasteiger partial charge on any atom is 0.0892 e. The summed E-state index contributed by atoms with van der Waals surface area (Å²) in [6, 6.07) is 7.53. The summed E-state index contributed by atoms with van der Waals surface area (Å²) in [5.74, 6) is 0. The van der Waals surface area contributed by atoms with E-state index in [1.165, 1.54) is 0 Å². The molecule has 0 fully saturated rings. The summed E-state index contributed by atoms with van der Waals surface area (Å²) in [6.45, 7) is 0. The lowest BCUT2D eigenvalue weighted by Crippen LogP contribution is -1.78. The van der Waals surface area contributed by atoms with Crippen LogP contribution in [0.15, 0.2) is 36.7 Å². The Balaban J connectivity index is 2.46. The molecule has 0 unspecified atom stereocenters. The third-order valence-corrected chi connectivity index (χ3v) is 1.58. The number of aromatic nitrogens is 2. The molecule has 2 rings (SSSR count). The molecule has 2 nitrogen and oxygen atoms in total. The van der Waals surface area contributed by atoms with E-state index in [1.807, 2.05) is 24.3 Å². The Labute approximate surface area is 70.9 Å². The molecule has 0 aromatic carbocycles. The molecule has 0 bridgehead atoms. The molecule has 0 aliphatic rings. The molecule has 0 aliphatic heterocycles. The Kier molecular flexibility index (Phi) is 1.82. The van der Waals surface area contributed by atoms with Gasteiger partial charge in [0.15, 0.2) is 0 Å². The van der Waals surface area contributed by atoms with Gasteiger partial charge in [-0.1, -0.05) is 0 Å². The zero-order chi connectivity index (χ0) is 8.23. The summed E-state index contributed by atoms with van der Waals surface area (Å²) >= 11 is 0. The molecule has 2 radical (unpaired) electrons. The summed E-state index contributed by atoms with van der Waals surface area (Å²) < 4.78 is 0. The Morgan fingerprint density at radius 2 is 1.33 bits per heavy atom. The minimum atomic E-state index is 1.09. The van der Waals surface area contributed by atoms with E-state index in [2.05, 4.69) is 22.4 Å². The first kappa shape index (κ1) is 6.98. The second kappa shape index (κ2) is 3.13. The van der Waals surface area contributed by atoms with Crippen LogP contribution in [0.25, 0.3) is 11.1 Å². The van der Waals surface area contributed by atoms with E-state index in [1.54, 1.807) is 12.4 Å². The van der Waals surface area contributed by atoms with Gasteiger partial charge < -0.3 is 0 Å². The monoisotopic (exact) mass is 154 g/mol. The fourth-order valence-corrected chi connectivity index (χ4v) is 0.990. The van der Waals surface area contributed by atoms with Crippen LogP contribution in [0.3, 0.4) is 0 Å². The van der Waals surface area contributed by atoms with E-state index in [0.717, 1.165) is 11.1 Å². The van der Waals surface area contributed by atoms with E-state index in [9.17, 15) is 0 Å². The lowest BCUT2D eigenvalue weighted by Gasteiger charge is -1.97. The number of pyridine rings is 2. The van der Waals surface area contributed by atoms with Crippen molar-refractivity contribution in [3.63, 3.8) is 0 Å². The summed E-state index contributed by atoms with van der Waals surface area (Å²) in [6.07, 6.45) is 8.99. The summed E-state index contributed by atoms with van der Waals surface area (Å²) in [5, 5.41) is 0. The number of nitrogens with zero attached hydrogens (tertiary/aromatic N) is 2. The summed E-state index contributed by atoms with van der Waals surface area (Å²) in [5.41, 5.74) is 2.17. The maximum absolute atomic E-state index is 3.82. The number of hydrogen-bond donors (Lipinski definition) is 0. The smallest absolute Gasteiger partial charge is 0.0892 e. The first-order valence-corrected chi connectivity index (χ1v) is 3.61. The average Bonchev–Trinajstić information content (AvgIpc) is 2.21. The van der Waals surface area contributed by atoms with Gasteiger partial charge in [0.25, 0.3) is 0 Å². The van der Waals surface area contributed by atoms with Crippen LogP contribution in [0.4, 0.5) is 0 Å². The molecule has 0 spiro atoms. The Morgan fingerprint density at radius 3 is 1.67 bits per heavy atom. The number of hydrogen-bond acceptors (Lipinski definition) is 2. The molecule has 0 saturated carbocycles. The quantitative estimate of drug-likeness (QED) is 0.625. The van der Waals surface area contributed by atoms with Crippen molar-refractivity contribution in [2.75, 3.05) is 0 Å². The molecule has 2 heterocycles. The van der Waals surface area contributed by atoms with Crippen molar-refractivity contribution < 1.29 is 0 Å². The fourth-order valence-electron chi connectivity index (χ4n) is 0.990. The van der Waals surface area contributed by atoms with Crippen molar-refractivity contribution in [3.8, 4) is 11.1 Å². The van der Waals surface area contributed by atoms with Crippen molar-refractivity contribution in [1.29, 1.82) is 0 Å². The molecule has 56 valence electrons. The van der Waals surface area contributed by atoms with Crippen molar-refractivity contribution in [2.24, 2.45) is 0 Å². The highest BCUT2D eigenvalue weighted by molar-refractivity contribution is 5.61. The van der Waals surface area contributed by atoms with Crippen LogP contribution in [0.1, 0.15) is 0 Å². The second-order valence-electron chi connectivity index (χ2n) is 2.35. The Morgan fingerprint density at radius 1 is 0.833 bits per heavy atom. The fraction of sp³-hybridized carbons (Fsp3) is 0.